The van der Waals surface area contributed by atoms with Crippen molar-refractivity contribution in [1.29, 1.82) is 5.26 Å². The number of methoxy groups -OCH3 is 1. The van der Waals surface area contributed by atoms with Crippen molar-refractivity contribution in [3.8, 4) is 11.8 Å². The Kier molecular flexibility index (Phi) is 5.73. The van der Waals surface area contributed by atoms with Crippen molar-refractivity contribution in [3.05, 3.63) is 65.2 Å². The highest BCUT2D eigenvalue weighted by Gasteiger charge is 2.11. The van der Waals surface area contributed by atoms with E-state index in [1.54, 1.807) is 55.6 Å². The fourth-order valence-corrected chi connectivity index (χ4v) is 2.15. The Bertz CT molecular complexity index is 705. The van der Waals surface area contributed by atoms with Crippen molar-refractivity contribution in [2.24, 2.45) is 0 Å². The highest BCUT2D eigenvalue weighted by atomic mass is 16.5. The molecular weight excluding hydrogens is 292 g/mol. The van der Waals surface area contributed by atoms with Crippen LogP contribution in [0.15, 0.2) is 48.5 Å². The minimum atomic E-state index is -0.799. The number of ether oxygens (including phenoxy) is 1. The van der Waals surface area contributed by atoms with Gasteiger partial charge in [-0.1, -0.05) is 24.3 Å². The standard InChI is InChI=1S/C18H18N2O3/c1-23-16-7-5-14(6-8-16)17(21)12-20-18(22)15-4-2-3-13(11-15)9-10-19/h2-8,11,17,21H,9,12H2,1H3,(H,20,22). The Hall–Kier alpha value is -2.84. The van der Waals surface area contributed by atoms with Gasteiger partial charge < -0.3 is 15.2 Å². The van der Waals surface area contributed by atoms with Gasteiger partial charge in [0.1, 0.15) is 5.75 Å². The Morgan fingerprint density at radius 3 is 2.70 bits per heavy atom. The topological polar surface area (TPSA) is 82.3 Å². The number of hydrogen-bond acceptors (Lipinski definition) is 4. The first-order valence-electron chi connectivity index (χ1n) is 7.20. The van der Waals surface area contributed by atoms with Gasteiger partial charge in [-0.15, -0.1) is 0 Å². The summed E-state index contributed by atoms with van der Waals surface area (Å²) in [6.07, 6.45) is -0.539. The van der Waals surface area contributed by atoms with Gasteiger partial charge in [0.2, 0.25) is 0 Å². The summed E-state index contributed by atoms with van der Waals surface area (Å²) in [5.74, 6) is 0.427. The second kappa shape index (κ2) is 7.97. The van der Waals surface area contributed by atoms with E-state index >= 15 is 0 Å². The van der Waals surface area contributed by atoms with Gasteiger partial charge in [-0.05, 0) is 35.4 Å². The van der Waals surface area contributed by atoms with Crippen LogP contribution in [-0.2, 0) is 6.42 Å². The number of nitrogens with zero attached hydrogens (tertiary/aromatic N) is 1. The Balaban J connectivity index is 1.95. The zero-order valence-corrected chi connectivity index (χ0v) is 12.8. The number of benzene rings is 2. The number of carbonyl (C=O) groups excluding carboxylic acids is 1. The zero-order valence-electron chi connectivity index (χ0n) is 12.8. The van der Waals surface area contributed by atoms with Crippen molar-refractivity contribution in [3.63, 3.8) is 0 Å². The van der Waals surface area contributed by atoms with Crippen LogP contribution in [0.5, 0.6) is 5.75 Å². The number of hydrogen-bond donors (Lipinski definition) is 2. The molecule has 2 N–H and O–H groups in total. The molecule has 0 aliphatic rings. The Labute approximate surface area is 135 Å². The lowest BCUT2D eigenvalue weighted by Crippen LogP contribution is -2.28. The van der Waals surface area contributed by atoms with Gasteiger partial charge in [0.05, 0.1) is 25.7 Å². The van der Waals surface area contributed by atoms with Gasteiger partial charge in [-0.2, -0.15) is 5.26 Å². The third-order valence-corrected chi connectivity index (χ3v) is 3.43. The van der Waals surface area contributed by atoms with E-state index in [0.717, 1.165) is 5.56 Å². The van der Waals surface area contributed by atoms with E-state index in [-0.39, 0.29) is 18.9 Å². The van der Waals surface area contributed by atoms with Crippen LogP contribution >= 0.6 is 0 Å². The van der Waals surface area contributed by atoms with Gasteiger partial charge in [-0.25, -0.2) is 0 Å². The number of aliphatic hydroxyl groups is 1. The number of nitriles is 1. The van der Waals surface area contributed by atoms with E-state index in [9.17, 15) is 9.90 Å². The van der Waals surface area contributed by atoms with E-state index in [1.165, 1.54) is 0 Å². The van der Waals surface area contributed by atoms with Crippen molar-refractivity contribution >= 4 is 5.91 Å². The number of aliphatic hydroxyl groups excluding tert-OH is 1. The molecule has 2 rings (SSSR count). The second-order valence-corrected chi connectivity index (χ2v) is 5.03. The summed E-state index contributed by atoms with van der Waals surface area (Å²) in [7, 11) is 1.58. The SMILES string of the molecule is COc1ccc(C(O)CNC(=O)c2cccc(CC#N)c2)cc1. The Morgan fingerprint density at radius 1 is 1.30 bits per heavy atom. The molecule has 1 atom stereocenters. The van der Waals surface area contributed by atoms with Crippen LogP contribution in [0.4, 0.5) is 0 Å². The van der Waals surface area contributed by atoms with Crippen LogP contribution in [0.25, 0.3) is 0 Å². The molecule has 0 saturated heterocycles. The van der Waals surface area contributed by atoms with E-state index < -0.39 is 6.10 Å². The summed E-state index contributed by atoms with van der Waals surface area (Å²) in [5, 5.41) is 21.5. The lowest BCUT2D eigenvalue weighted by atomic mass is 10.1. The quantitative estimate of drug-likeness (QED) is 0.857. The summed E-state index contributed by atoms with van der Waals surface area (Å²) in [6, 6.07) is 16.0. The van der Waals surface area contributed by atoms with Crippen molar-refractivity contribution in [2.45, 2.75) is 12.5 Å². The summed E-state index contributed by atoms with van der Waals surface area (Å²) in [4.78, 5) is 12.1. The number of carbonyl (C=O) groups is 1. The van der Waals surface area contributed by atoms with E-state index in [0.29, 0.717) is 16.9 Å². The molecule has 0 aliphatic carbocycles. The molecule has 0 spiro atoms. The monoisotopic (exact) mass is 310 g/mol. The van der Waals surface area contributed by atoms with Crippen molar-refractivity contribution < 1.29 is 14.6 Å². The largest absolute Gasteiger partial charge is 0.497 e. The van der Waals surface area contributed by atoms with Crippen molar-refractivity contribution in [1.82, 2.24) is 5.32 Å². The van der Waals surface area contributed by atoms with Crippen LogP contribution < -0.4 is 10.1 Å². The minimum absolute atomic E-state index is 0.105. The smallest absolute Gasteiger partial charge is 0.251 e. The van der Waals surface area contributed by atoms with Crippen LogP contribution in [0.1, 0.15) is 27.6 Å². The average Bonchev–Trinajstić information content (AvgIpc) is 2.60. The lowest BCUT2D eigenvalue weighted by Gasteiger charge is -2.13. The molecular formula is C18H18N2O3. The fraction of sp³-hybridized carbons (Fsp3) is 0.222. The maximum absolute atomic E-state index is 12.1. The molecule has 5 nitrogen and oxygen atoms in total. The Morgan fingerprint density at radius 2 is 2.04 bits per heavy atom. The average molecular weight is 310 g/mol. The number of amides is 1. The molecule has 0 aliphatic heterocycles. The molecule has 118 valence electrons. The molecule has 0 bridgehead atoms. The van der Waals surface area contributed by atoms with Crippen molar-refractivity contribution in [2.75, 3.05) is 13.7 Å². The third-order valence-electron chi connectivity index (χ3n) is 3.43. The van der Waals surface area contributed by atoms with E-state index in [1.807, 2.05) is 6.07 Å². The molecule has 2 aromatic carbocycles. The predicted molar refractivity (Wildman–Crippen MR) is 86.0 cm³/mol. The molecule has 0 fully saturated rings. The van der Waals surface area contributed by atoms with Gasteiger partial charge in [-0.3, -0.25) is 4.79 Å². The molecule has 0 saturated carbocycles. The van der Waals surface area contributed by atoms with Gasteiger partial charge >= 0.3 is 0 Å². The number of nitrogens with one attached hydrogen (secondary N) is 1. The first-order chi connectivity index (χ1) is 11.1. The maximum Gasteiger partial charge on any atom is 0.251 e. The van der Waals surface area contributed by atoms with Crippen LogP contribution in [0.2, 0.25) is 0 Å². The maximum atomic E-state index is 12.1. The molecule has 0 heterocycles. The zero-order chi connectivity index (χ0) is 16.7. The highest BCUT2D eigenvalue weighted by Crippen LogP contribution is 2.17. The molecule has 1 amide bonds. The summed E-state index contributed by atoms with van der Waals surface area (Å²) >= 11 is 0. The van der Waals surface area contributed by atoms with Gasteiger partial charge in [0.25, 0.3) is 5.91 Å². The summed E-state index contributed by atoms with van der Waals surface area (Å²) in [6.45, 7) is 0.105. The van der Waals surface area contributed by atoms with E-state index in [2.05, 4.69) is 5.32 Å². The predicted octanol–water partition coefficient (Wildman–Crippen LogP) is 2.22. The van der Waals surface area contributed by atoms with Crippen LogP contribution in [-0.4, -0.2) is 24.7 Å². The first-order valence-corrected chi connectivity index (χ1v) is 7.20. The molecule has 0 radical (unpaired) electrons. The molecule has 23 heavy (non-hydrogen) atoms. The molecule has 1 unspecified atom stereocenters. The number of rotatable bonds is 6. The van der Waals surface area contributed by atoms with E-state index in [4.69, 9.17) is 10.00 Å². The molecule has 5 heteroatoms. The molecule has 0 aromatic heterocycles. The van der Waals surface area contributed by atoms with Gasteiger partial charge in [0, 0.05) is 12.1 Å². The summed E-state index contributed by atoms with van der Waals surface area (Å²) < 4.78 is 5.06. The molecule has 2 aromatic rings. The van der Waals surface area contributed by atoms with Gasteiger partial charge in [0.15, 0.2) is 0 Å². The normalized spacial score (nSPS) is 11.3. The van der Waals surface area contributed by atoms with Crippen LogP contribution in [0, 0.1) is 11.3 Å². The summed E-state index contributed by atoms with van der Waals surface area (Å²) in [5.41, 5.74) is 1.96. The highest BCUT2D eigenvalue weighted by molar-refractivity contribution is 5.94. The van der Waals surface area contributed by atoms with Crippen LogP contribution in [0.3, 0.4) is 0 Å². The minimum Gasteiger partial charge on any atom is -0.497 e. The lowest BCUT2D eigenvalue weighted by molar-refractivity contribution is 0.0916. The first kappa shape index (κ1) is 16.5. The fourth-order valence-electron chi connectivity index (χ4n) is 2.15. The second-order valence-electron chi connectivity index (χ2n) is 5.03. The third kappa shape index (κ3) is 4.56.